The molecule has 2 rings (SSSR count). The molecule has 0 radical (unpaired) electrons. The van der Waals surface area contributed by atoms with Crippen LogP contribution in [0.1, 0.15) is 12.8 Å². The van der Waals surface area contributed by atoms with Gasteiger partial charge in [-0.1, -0.05) is 0 Å². The molecule has 0 saturated heterocycles. The maximum atomic E-state index is 11.2. The van der Waals surface area contributed by atoms with E-state index in [1.807, 2.05) is 0 Å². The lowest BCUT2D eigenvalue weighted by Crippen LogP contribution is -2.13. The summed E-state index contributed by atoms with van der Waals surface area (Å²) >= 11 is 3.13. The van der Waals surface area contributed by atoms with E-state index in [0.29, 0.717) is 10.2 Å². The number of ether oxygens (including phenoxy) is 1. The van der Waals surface area contributed by atoms with Crippen LogP contribution in [0.3, 0.4) is 0 Å². The van der Waals surface area contributed by atoms with E-state index in [1.165, 1.54) is 6.07 Å². The Morgan fingerprint density at radius 1 is 1.40 bits per heavy atom. The number of rotatable bonds is 3. The van der Waals surface area contributed by atoms with E-state index >= 15 is 0 Å². The van der Waals surface area contributed by atoms with Crippen molar-refractivity contribution in [2.75, 3.05) is 0 Å². The third-order valence-electron chi connectivity index (χ3n) is 2.04. The minimum Gasteiger partial charge on any atom is -0.490 e. The molecule has 0 bridgehead atoms. The SMILES string of the molecule is NS(=O)(=O)c1cc(OC2CC2)ccc1Br. The van der Waals surface area contributed by atoms with Gasteiger partial charge in [-0.05, 0) is 40.9 Å². The van der Waals surface area contributed by atoms with Gasteiger partial charge in [0, 0.05) is 10.5 Å². The smallest absolute Gasteiger partial charge is 0.239 e. The quantitative estimate of drug-likeness (QED) is 0.920. The first-order valence-electron chi connectivity index (χ1n) is 4.46. The Labute approximate surface area is 96.6 Å². The zero-order valence-corrected chi connectivity index (χ0v) is 10.2. The summed E-state index contributed by atoms with van der Waals surface area (Å²) in [5, 5.41) is 5.06. The van der Waals surface area contributed by atoms with Gasteiger partial charge < -0.3 is 4.74 Å². The number of sulfonamides is 1. The van der Waals surface area contributed by atoms with Crippen molar-refractivity contribution in [1.82, 2.24) is 0 Å². The van der Waals surface area contributed by atoms with Gasteiger partial charge in [-0.2, -0.15) is 0 Å². The fourth-order valence-electron chi connectivity index (χ4n) is 1.15. The minimum atomic E-state index is -3.70. The maximum Gasteiger partial charge on any atom is 0.239 e. The number of nitrogens with two attached hydrogens (primary N) is 1. The lowest BCUT2D eigenvalue weighted by molar-refractivity contribution is 0.302. The molecule has 1 aliphatic carbocycles. The molecule has 1 fully saturated rings. The summed E-state index contributed by atoms with van der Waals surface area (Å²) in [5.74, 6) is 0.546. The third kappa shape index (κ3) is 2.70. The molecule has 82 valence electrons. The topological polar surface area (TPSA) is 69.4 Å². The molecule has 1 aromatic rings. The molecule has 2 N–H and O–H groups in total. The van der Waals surface area contributed by atoms with Crippen LogP contribution in [-0.2, 0) is 10.0 Å². The van der Waals surface area contributed by atoms with Gasteiger partial charge in [0.05, 0.1) is 11.0 Å². The zero-order valence-electron chi connectivity index (χ0n) is 7.81. The van der Waals surface area contributed by atoms with Crippen LogP contribution >= 0.6 is 15.9 Å². The average Bonchev–Trinajstić information content (AvgIpc) is 2.90. The monoisotopic (exact) mass is 291 g/mol. The molecule has 6 heteroatoms. The molecule has 0 aliphatic heterocycles. The van der Waals surface area contributed by atoms with E-state index in [9.17, 15) is 8.42 Å². The summed E-state index contributed by atoms with van der Waals surface area (Å²) in [4.78, 5) is 0.0562. The fourth-order valence-corrected chi connectivity index (χ4v) is 2.70. The Morgan fingerprint density at radius 2 is 2.07 bits per heavy atom. The van der Waals surface area contributed by atoms with Gasteiger partial charge in [0.2, 0.25) is 10.0 Å². The number of halogens is 1. The third-order valence-corrected chi connectivity index (χ3v) is 3.94. The van der Waals surface area contributed by atoms with Crippen molar-refractivity contribution in [1.29, 1.82) is 0 Å². The highest BCUT2D eigenvalue weighted by molar-refractivity contribution is 9.10. The standard InChI is InChI=1S/C9H10BrNO3S/c10-8-4-3-7(14-6-1-2-6)5-9(8)15(11,12)13/h3-6H,1-2H2,(H2,11,12,13). The minimum absolute atomic E-state index is 0.0562. The van der Waals surface area contributed by atoms with E-state index in [-0.39, 0.29) is 11.0 Å². The van der Waals surface area contributed by atoms with Crippen molar-refractivity contribution in [3.63, 3.8) is 0 Å². The van der Waals surface area contributed by atoms with Gasteiger partial charge in [-0.15, -0.1) is 0 Å². The van der Waals surface area contributed by atoms with Crippen LogP contribution in [0, 0.1) is 0 Å². The summed E-state index contributed by atoms with van der Waals surface area (Å²) < 4.78 is 28.3. The lowest BCUT2D eigenvalue weighted by Gasteiger charge is -2.07. The van der Waals surface area contributed by atoms with Crippen LogP contribution < -0.4 is 9.88 Å². The molecule has 0 atom stereocenters. The van der Waals surface area contributed by atoms with Gasteiger partial charge in [0.25, 0.3) is 0 Å². The van der Waals surface area contributed by atoms with Crippen molar-refractivity contribution in [2.45, 2.75) is 23.8 Å². The van der Waals surface area contributed by atoms with Gasteiger partial charge >= 0.3 is 0 Å². The highest BCUT2D eigenvalue weighted by atomic mass is 79.9. The summed E-state index contributed by atoms with van der Waals surface area (Å²) in [7, 11) is -3.70. The van der Waals surface area contributed by atoms with E-state index < -0.39 is 10.0 Å². The normalized spacial score (nSPS) is 16.4. The Morgan fingerprint density at radius 3 is 2.60 bits per heavy atom. The second-order valence-electron chi connectivity index (χ2n) is 3.45. The van der Waals surface area contributed by atoms with E-state index in [2.05, 4.69) is 15.9 Å². The van der Waals surface area contributed by atoms with Crippen molar-refractivity contribution < 1.29 is 13.2 Å². The number of benzene rings is 1. The zero-order chi connectivity index (χ0) is 11.1. The van der Waals surface area contributed by atoms with E-state index in [4.69, 9.17) is 9.88 Å². The van der Waals surface area contributed by atoms with Gasteiger partial charge in [0.1, 0.15) is 5.75 Å². The van der Waals surface area contributed by atoms with Crippen LogP contribution in [-0.4, -0.2) is 14.5 Å². The summed E-state index contributed by atoms with van der Waals surface area (Å²) in [6.45, 7) is 0. The molecule has 4 nitrogen and oxygen atoms in total. The Bertz CT molecular complexity index is 482. The summed E-state index contributed by atoms with van der Waals surface area (Å²) in [5.41, 5.74) is 0. The summed E-state index contributed by atoms with van der Waals surface area (Å²) in [6, 6.07) is 4.78. The molecule has 0 amide bonds. The van der Waals surface area contributed by atoms with Crippen LogP contribution in [0.25, 0.3) is 0 Å². The van der Waals surface area contributed by atoms with Crippen LogP contribution in [0.4, 0.5) is 0 Å². The Balaban J connectivity index is 2.35. The van der Waals surface area contributed by atoms with Gasteiger partial charge in [0.15, 0.2) is 0 Å². The van der Waals surface area contributed by atoms with E-state index in [1.54, 1.807) is 12.1 Å². The Kier molecular flexibility index (Phi) is 2.74. The lowest BCUT2D eigenvalue weighted by atomic mass is 10.3. The van der Waals surface area contributed by atoms with Crippen molar-refractivity contribution in [3.8, 4) is 5.75 Å². The number of hydrogen-bond acceptors (Lipinski definition) is 3. The van der Waals surface area contributed by atoms with Crippen molar-refractivity contribution in [3.05, 3.63) is 22.7 Å². The first-order valence-corrected chi connectivity index (χ1v) is 6.80. The number of primary sulfonamides is 1. The fraction of sp³-hybridized carbons (Fsp3) is 0.333. The van der Waals surface area contributed by atoms with Crippen molar-refractivity contribution >= 4 is 26.0 Å². The molecule has 0 unspecified atom stereocenters. The summed E-state index contributed by atoms with van der Waals surface area (Å²) in [6.07, 6.45) is 2.29. The molecular weight excluding hydrogens is 282 g/mol. The van der Waals surface area contributed by atoms with Crippen molar-refractivity contribution in [2.24, 2.45) is 5.14 Å². The van der Waals surface area contributed by atoms with Gasteiger partial charge in [-0.3, -0.25) is 0 Å². The molecule has 0 heterocycles. The highest BCUT2D eigenvalue weighted by Gasteiger charge is 2.24. The molecule has 0 aromatic heterocycles. The molecular formula is C9H10BrNO3S. The maximum absolute atomic E-state index is 11.2. The molecule has 1 saturated carbocycles. The average molecular weight is 292 g/mol. The van der Waals surface area contributed by atoms with Crippen LogP contribution in [0.5, 0.6) is 5.75 Å². The first-order chi connectivity index (χ1) is 6.97. The Hall–Kier alpha value is -0.590. The predicted molar refractivity (Wildman–Crippen MR) is 59.2 cm³/mol. The van der Waals surface area contributed by atoms with Crippen LogP contribution in [0.2, 0.25) is 0 Å². The second kappa shape index (κ2) is 3.77. The van der Waals surface area contributed by atoms with E-state index in [0.717, 1.165) is 12.8 Å². The largest absolute Gasteiger partial charge is 0.490 e. The second-order valence-corrected chi connectivity index (χ2v) is 5.84. The van der Waals surface area contributed by atoms with Gasteiger partial charge in [-0.25, -0.2) is 13.6 Å². The molecule has 1 aromatic carbocycles. The first kappa shape index (κ1) is 10.9. The number of hydrogen-bond donors (Lipinski definition) is 1. The van der Waals surface area contributed by atoms with Crippen LogP contribution in [0.15, 0.2) is 27.6 Å². The predicted octanol–water partition coefficient (Wildman–Crippen LogP) is 1.64. The molecule has 1 aliphatic rings. The molecule has 15 heavy (non-hydrogen) atoms. The molecule has 0 spiro atoms. The highest BCUT2D eigenvalue weighted by Crippen LogP contribution is 2.30.